The van der Waals surface area contributed by atoms with E-state index in [1.165, 1.54) is 0 Å². The summed E-state index contributed by atoms with van der Waals surface area (Å²) in [7, 11) is 1.61. The lowest BCUT2D eigenvalue weighted by Crippen LogP contribution is -2.14. The van der Waals surface area contributed by atoms with E-state index in [1.807, 2.05) is 80.1 Å². The van der Waals surface area contributed by atoms with Gasteiger partial charge in [-0.1, -0.05) is 12.1 Å². The summed E-state index contributed by atoms with van der Waals surface area (Å²) in [5.41, 5.74) is 5.37. The number of hydrogen-bond acceptors (Lipinski definition) is 5. The number of rotatable bonds is 7. The van der Waals surface area contributed by atoms with E-state index >= 15 is 0 Å². The third kappa shape index (κ3) is 4.88. The molecule has 4 aromatic rings. The molecule has 2 aromatic heterocycles. The highest BCUT2D eigenvalue weighted by atomic mass is 16.5. The van der Waals surface area contributed by atoms with E-state index in [0.717, 1.165) is 39.7 Å². The molecular weight excluding hydrogens is 404 g/mol. The predicted octanol–water partition coefficient (Wildman–Crippen LogP) is 4.70. The number of benzene rings is 2. The third-order valence-corrected chi connectivity index (χ3v) is 5.21. The number of nitrogens with one attached hydrogen (secondary N) is 1. The summed E-state index contributed by atoms with van der Waals surface area (Å²) in [5.74, 6) is 1.96. The highest BCUT2D eigenvalue weighted by Gasteiger charge is 2.14. The Morgan fingerprint density at radius 1 is 1.09 bits per heavy atom. The molecule has 0 fully saturated rings. The van der Waals surface area contributed by atoms with Crippen molar-refractivity contribution in [3.63, 3.8) is 0 Å². The maximum Gasteiger partial charge on any atom is 0.228 e. The van der Waals surface area contributed by atoms with Gasteiger partial charge in [-0.3, -0.25) is 9.48 Å². The lowest BCUT2D eigenvalue weighted by molar-refractivity contribution is -0.115. The Labute approximate surface area is 187 Å². The van der Waals surface area contributed by atoms with E-state index < -0.39 is 0 Å². The number of hydrogen-bond donors (Lipinski definition) is 1. The van der Waals surface area contributed by atoms with Crippen molar-refractivity contribution in [3.8, 4) is 17.2 Å². The molecule has 0 aliphatic heterocycles. The van der Waals surface area contributed by atoms with E-state index in [-0.39, 0.29) is 12.3 Å². The Hall–Kier alpha value is -3.87. The van der Waals surface area contributed by atoms with E-state index in [0.29, 0.717) is 18.1 Å². The SMILES string of the molecule is COc1cccc(CC(=O)Nc2ccc(-c3nc(Cn4nc(C)cc4C)c(C)o3)cc2)c1. The molecule has 2 heterocycles. The Bertz CT molecular complexity index is 1240. The minimum absolute atomic E-state index is 0.0925. The smallest absolute Gasteiger partial charge is 0.228 e. The van der Waals surface area contributed by atoms with Crippen LogP contribution < -0.4 is 10.1 Å². The van der Waals surface area contributed by atoms with Gasteiger partial charge in [0.2, 0.25) is 11.8 Å². The zero-order valence-electron chi connectivity index (χ0n) is 18.7. The molecule has 0 aliphatic rings. The summed E-state index contributed by atoms with van der Waals surface area (Å²) in [6, 6.07) is 17.0. The Kier molecular flexibility index (Phi) is 6.07. The molecular formula is C25H26N4O3. The van der Waals surface area contributed by atoms with Crippen molar-refractivity contribution in [1.82, 2.24) is 14.8 Å². The standard InChI is InChI=1S/C25H26N4O3/c1-16-12-17(2)29(28-16)15-23-18(3)32-25(27-23)20-8-10-21(11-9-20)26-24(30)14-19-6-5-7-22(13-19)31-4/h5-13H,14-15H2,1-4H3,(H,26,30). The van der Waals surface area contributed by atoms with Gasteiger partial charge in [0.05, 0.1) is 25.8 Å². The van der Waals surface area contributed by atoms with E-state index in [2.05, 4.69) is 15.4 Å². The van der Waals surface area contributed by atoms with Crippen LogP contribution in [0.5, 0.6) is 5.75 Å². The van der Waals surface area contributed by atoms with Gasteiger partial charge >= 0.3 is 0 Å². The van der Waals surface area contributed by atoms with Crippen LogP contribution in [-0.2, 0) is 17.8 Å². The van der Waals surface area contributed by atoms with Crippen LogP contribution in [-0.4, -0.2) is 27.8 Å². The van der Waals surface area contributed by atoms with Crippen molar-refractivity contribution in [2.24, 2.45) is 0 Å². The van der Waals surface area contributed by atoms with Crippen LogP contribution in [0.1, 0.15) is 28.4 Å². The van der Waals surface area contributed by atoms with Crippen molar-refractivity contribution in [3.05, 3.63) is 83.0 Å². The minimum atomic E-state index is -0.0925. The van der Waals surface area contributed by atoms with Crippen molar-refractivity contribution < 1.29 is 13.9 Å². The zero-order valence-corrected chi connectivity index (χ0v) is 18.7. The van der Waals surface area contributed by atoms with E-state index in [4.69, 9.17) is 9.15 Å². The average Bonchev–Trinajstić information content (AvgIpc) is 3.29. The predicted molar refractivity (Wildman–Crippen MR) is 123 cm³/mol. The van der Waals surface area contributed by atoms with Crippen molar-refractivity contribution >= 4 is 11.6 Å². The maximum absolute atomic E-state index is 12.4. The minimum Gasteiger partial charge on any atom is -0.497 e. The fraction of sp³-hybridized carbons (Fsp3) is 0.240. The number of anilines is 1. The van der Waals surface area contributed by atoms with Gasteiger partial charge in [-0.25, -0.2) is 4.98 Å². The van der Waals surface area contributed by atoms with Gasteiger partial charge in [0.1, 0.15) is 17.2 Å². The first-order chi connectivity index (χ1) is 15.4. The van der Waals surface area contributed by atoms with Gasteiger partial charge in [-0.2, -0.15) is 5.10 Å². The molecule has 164 valence electrons. The second-order valence-corrected chi connectivity index (χ2v) is 7.76. The Morgan fingerprint density at radius 2 is 1.88 bits per heavy atom. The number of amides is 1. The molecule has 7 heteroatoms. The van der Waals surface area contributed by atoms with Crippen LogP contribution in [0, 0.1) is 20.8 Å². The maximum atomic E-state index is 12.4. The first kappa shape index (κ1) is 21.4. The summed E-state index contributed by atoms with van der Waals surface area (Å²) < 4.78 is 13.0. The number of carbonyl (C=O) groups excluding carboxylic acids is 1. The van der Waals surface area contributed by atoms with Crippen LogP contribution in [0.2, 0.25) is 0 Å². The molecule has 7 nitrogen and oxygen atoms in total. The molecule has 1 amide bonds. The third-order valence-electron chi connectivity index (χ3n) is 5.21. The fourth-order valence-corrected chi connectivity index (χ4v) is 3.54. The first-order valence-corrected chi connectivity index (χ1v) is 10.4. The summed E-state index contributed by atoms with van der Waals surface area (Å²) >= 11 is 0. The molecule has 2 aromatic carbocycles. The van der Waals surface area contributed by atoms with Crippen LogP contribution in [0.25, 0.3) is 11.5 Å². The number of nitrogens with zero attached hydrogens (tertiary/aromatic N) is 3. The first-order valence-electron chi connectivity index (χ1n) is 10.4. The Balaban J connectivity index is 1.42. The van der Waals surface area contributed by atoms with Crippen LogP contribution in [0.4, 0.5) is 5.69 Å². The lowest BCUT2D eigenvalue weighted by Gasteiger charge is -2.07. The molecule has 0 saturated carbocycles. The van der Waals surface area contributed by atoms with Gasteiger partial charge in [0.25, 0.3) is 0 Å². The van der Waals surface area contributed by atoms with Gasteiger partial charge in [0.15, 0.2) is 0 Å². The average molecular weight is 431 g/mol. The fourth-order valence-electron chi connectivity index (χ4n) is 3.54. The largest absolute Gasteiger partial charge is 0.497 e. The number of oxazole rings is 1. The number of aryl methyl sites for hydroxylation is 3. The number of methoxy groups -OCH3 is 1. The zero-order chi connectivity index (χ0) is 22.7. The molecule has 0 aliphatic carbocycles. The van der Waals surface area contributed by atoms with Gasteiger partial charge in [-0.15, -0.1) is 0 Å². The Morgan fingerprint density at radius 3 is 2.56 bits per heavy atom. The molecule has 0 unspecified atom stereocenters. The van der Waals surface area contributed by atoms with Gasteiger partial charge in [0, 0.05) is 16.9 Å². The van der Waals surface area contributed by atoms with E-state index in [1.54, 1.807) is 7.11 Å². The van der Waals surface area contributed by atoms with Crippen molar-refractivity contribution in [2.75, 3.05) is 12.4 Å². The monoisotopic (exact) mass is 430 g/mol. The highest BCUT2D eigenvalue weighted by Crippen LogP contribution is 2.24. The van der Waals surface area contributed by atoms with Crippen LogP contribution in [0.15, 0.2) is 59.0 Å². The van der Waals surface area contributed by atoms with Crippen LogP contribution in [0.3, 0.4) is 0 Å². The van der Waals surface area contributed by atoms with Crippen molar-refractivity contribution in [2.45, 2.75) is 33.7 Å². The molecule has 0 saturated heterocycles. The molecule has 32 heavy (non-hydrogen) atoms. The summed E-state index contributed by atoms with van der Waals surface area (Å²) in [6.07, 6.45) is 0.271. The molecule has 0 spiro atoms. The quantitative estimate of drug-likeness (QED) is 0.459. The number of ether oxygens (including phenoxy) is 1. The van der Waals surface area contributed by atoms with Crippen molar-refractivity contribution in [1.29, 1.82) is 0 Å². The molecule has 1 N–H and O–H groups in total. The second kappa shape index (κ2) is 9.09. The number of aromatic nitrogens is 3. The lowest BCUT2D eigenvalue weighted by atomic mass is 10.1. The molecule has 0 bridgehead atoms. The second-order valence-electron chi connectivity index (χ2n) is 7.76. The molecule has 0 radical (unpaired) electrons. The van der Waals surface area contributed by atoms with E-state index in [9.17, 15) is 4.79 Å². The number of carbonyl (C=O) groups is 1. The highest BCUT2D eigenvalue weighted by molar-refractivity contribution is 5.92. The van der Waals surface area contributed by atoms with Crippen LogP contribution >= 0.6 is 0 Å². The normalized spacial score (nSPS) is 10.9. The summed E-state index contributed by atoms with van der Waals surface area (Å²) in [5, 5.41) is 7.42. The topological polar surface area (TPSA) is 82.2 Å². The van der Waals surface area contributed by atoms with Gasteiger partial charge in [-0.05, 0) is 68.8 Å². The summed E-state index contributed by atoms with van der Waals surface area (Å²) in [6.45, 7) is 6.47. The molecule has 4 rings (SSSR count). The summed E-state index contributed by atoms with van der Waals surface area (Å²) in [4.78, 5) is 17.1. The van der Waals surface area contributed by atoms with Gasteiger partial charge < -0.3 is 14.5 Å². The molecule has 0 atom stereocenters.